The summed E-state index contributed by atoms with van der Waals surface area (Å²) in [6, 6.07) is 16.9. The molecular formula is C15H12N4O. The molecule has 1 heterocycles. The Kier molecular flexibility index (Phi) is 3.01. The van der Waals surface area contributed by atoms with Crippen molar-refractivity contribution < 1.29 is 4.79 Å². The molecule has 5 heteroatoms. The van der Waals surface area contributed by atoms with Crippen molar-refractivity contribution in [2.45, 2.75) is 0 Å². The lowest BCUT2D eigenvalue weighted by atomic mass is 10.2. The van der Waals surface area contributed by atoms with Gasteiger partial charge in [-0.25, -0.2) is 4.68 Å². The smallest absolute Gasteiger partial charge is 0.267 e. The highest BCUT2D eigenvalue weighted by Crippen LogP contribution is 2.17. The van der Waals surface area contributed by atoms with Crippen molar-refractivity contribution in [1.29, 1.82) is 0 Å². The van der Waals surface area contributed by atoms with E-state index in [2.05, 4.69) is 10.3 Å². The molecule has 0 saturated carbocycles. The van der Waals surface area contributed by atoms with Crippen LogP contribution in [0.4, 0.5) is 0 Å². The number of amides is 1. The zero-order valence-electron chi connectivity index (χ0n) is 10.6. The Bertz CT molecular complexity index is 790. The van der Waals surface area contributed by atoms with Gasteiger partial charge < -0.3 is 5.73 Å². The molecule has 0 fully saturated rings. The Morgan fingerprint density at radius 1 is 1.05 bits per heavy atom. The second-order valence-corrected chi connectivity index (χ2v) is 4.29. The molecule has 0 unspecified atom stereocenters. The molecule has 3 aromatic rings. The summed E-state index contributed by atoms with van der Waals surface area (Å²) in [5, 5.41) is 8.04. The van der Waals surface area contributed by atoms with E-state index >= 15 is 0 Å². The molecule has 20 heavy (non-hydrogen) atoms. The number of nitrogens with two attached hydrogens (primary N) is 1. The van der Waals surface area contributed by atoms with E-state index in [-0.39, 0.29) is 5.70 Å². The van der Waals surface area contributed by atoms with Crippen molar-refractivity contribution in [3.05, 3.63) is 60.2 Å². The monoisotopic (exact) mass is 264 g/mol. The molecule has 0 spiro atoms. The molecule has 0 aliphatic rings. The van der Waals surface area contributed by atoms with Crippen LogP contribution in [0.3, 0.4) is 0 Å². The highest BCUT2D eigenvalue weighted by atomic mass is 16.1. The third-order valence-corrected chi connectivity index (χ3v) is 2.94. The topological polar surface area (TPSA) is 73.8 Å². The minimum atomic E-state index is -0.551. The first kappa shape index (κ1) is 12.1. The van der Waals surface area contributed by atoms with Crippen LogP contribution in [0.2, 0.25) is 0 Å². The van der Waals surface area contributed by atoms with Crippen molar-refractivity contribution in [2.24, 2.45) is 5.73 Å². The van der Waals surface area contributed by atoms with E-state index in [1.165, 1.54) is 4.68 Å². The third kappa shape index (κ3) is 2.16. The third-order valence-electron chi connectivity index (χ3n) is 2.94. The predicted octanol–water partition coefficient (Wildman–Crippen LogP) is 1.91. The van der Waals surface area contributed by atoms with Gasteiger partial charge in [-0.3, -0.25) is 4.79 Å². The molecule has 2 N–H and O–H groups in total. The van der Waals surface area contributed by atoms with Gasteiger partial charge in [0.25, 0.3) is 5.91 Å². The van der Waals surface area contributed by atoms with E-state index in [4.69, 9.17) is 5.73 Å². The normalized spacial score (nSPS) is 11.7. The summed E-state index contributed by atoms with van der Waals surface area (Å²) < 4.78 is 1.46. The van der Waals surface area contributed by atoms with Crippen molar-refractivity contribution >= 4 is 28.7 Å². The minimum absolute atomic E-state index is 0.282. The lowest BCUT2D eigenvalue weighted by Gasteiger charge is -2.04. The summed E-state index contributed by atoms with van der Waals surface area (Å²) in [5.74, 6) is -0.551. The maximum Gasteiger partial charge on any atom is 0.267 e. The number of aromatic nitrogens is 3. The number of benzene rings is 2. The summed E-state index contributed by atoms with van der Waals surface area (Å²) in [7, 11) is 0. The Morgan fingerprint density at radius 2 is 1.75 bits per heavy atom. The van der Waals surface area contributed by atoms with Gasteiger partial charge in [-0.05, 0) is 23.8 Å². The van der Waals surface area contributed by atoms with Crippen LogP contribution in [0.25, 0.3) is 22.8 Å². The maximum atomic E-state index is 11.7. The highest BCUT2D eigenvalue weighted by Gasteiger charge is 2.13. The van der Waals surface area contributed by atoms with Crippen LogP contribution in [-0.2, 0) is 4.79 Å². The van der Waals surface area contributed by atoms with Gasteiger partial charge >= 0.3 is 0 Å². The molecule has 98 valence electrons. The largest absolute Gasteiger partial charge is 0.364 e. The van der Waals surface area contributed by atoms with Crippen molar-refractivity contribution in [3.63, 3.8) is 0 Å². The van der Waals surface area contributed by atoms with Crippen molar-refractivity contribution in [2.75, 3.05) is 0 Å². The first-order valence-corrected chi connectivity index (χ1v) is 6.13. The quantitative estimate of drug-likeness (QED) is 0.734. The van der Waals surface area contributed by atoms with Crippen LogP contribution in [0, 0.1) is 0 Å². The molecule has 0 atom stereocenters. The molecule has 0 aliphatic carbocycles. The fourth-order valence-electron chi connectivity index (χ4n) is 1.99. The number of primary amides is 1. The first-order valence-electron chi connectivity index (χ1n) is 6.13. The fourth-order valence-corrected chi connectivity index (χ4v) is 1.99. The Morgan fingerprint density at radius 3 is 2.50 bits per heavy atom. The van der Waals surface area contributed by atoms with Crippen LogP contribution in [0.1, 0.15) is 5.56 Å². The summed E-state index contributed by atoms with van der Waals surface area (Å²) in [6.07, 6.45) is 1.70. The molecular weight excluding hydrogens is 252 g/mol. The summed E-state index contributed by atoms with van der Waals surface area (Å²) in [5.41, 5.74) is 8.09. The molecule has 1 aromatic heterocycles. The molecule has 0 radical (unpaired) electrons. The Balaban J connectivity index is 2.17. The zero-order chi connectivity index (χ0) is 13.9. The number of rotatable bonds is 3. The van der Waals surface area contributed by atoms with Gasteiger partial charge in [0, 0.05) is 0 Å². The molecule has 0 saturated heterocycles. The molecule has 5 nitrogen and oxygen atoms in total. The van der Waals surface area contributed by atoms with Gasteiger partial charge in [0.05, 0.1) is 5.52 Å². The van der Waals surface area contributed by atoms with Gasteiger partial charge in [0.15, 0.2) is 0 Å². The van der Waals surface area contributed by atoms with Crippen LogP contribution >= 0.6 is 0 Å². The molecule has 3 rings (SSSR count). The number of nitrogens with zero attached hydrogens (tertiary/aromatic N) is 3. The van der Waals surface area contributed by atoms with Gasteiger partial charge in [-0.15, -0.1) is 5.10 Å². The number of fused-ring (bicyclic) bond motifs is 1. The minimum Gasteiger partial charge on any atom is -0.364 e. The highest BCUT2D eigenvalue weighted by molar-refractivity contribution is 6.18. The van der Waals surface area contributed by atoms with E-state index in [1.807, 2.05) is 54.6 Å². The second-order valence-electron chi connectivity index (χ2n) is 4.29. The van der Waals surface area contributed by atoms with E-state index < -0.39 is 5.91 Å². The standard InChI is InChI=1S/C15H12N4O/c16-15(20)14(10-11-6-2-1-3-7-11)19-13-9-5-4-8-12(13)17-18-19/h1-10H,(H2,16,20)/b14-10+. The lowest BCUT2D eigenvalue weighted by Crippen LogP contribution is -2.18. The summed E-state index contributed by atoms with van der Waals surface area (Å²) in [4.78, 5) is 11.7. The maximum absolute atomic E-state index is 11.7. The molecule has 0 aliphatic heterocycles. The van der Waals surface area contributed by atoms with Crippen LogP contribution in [0.5, 0.6) is 0 Å². The van der Waals surface area contributed by atoms with Crippen LogP contribution < -0.4 is 5.73 Å². The number of para-hydroxylation sites is 1. The number of hydrogen-bond donors (Lipinski definition) is 1. The van der Waals surface area contributed by atoms with E-state index in [0.29, 0.717) is 5.52 Å². The predicted molar refractivity (Wildman–Crippen MR) is 77.3 cm³/mol. The zero-order valence-corrected chi connectivity index (χ0v) is 10.6. The van der Waals surface area contributed by atoms with Gasteiger partial charge in [0.1, 0.15) is 11.2 Å². The second kappa shape index (κ2) is 4.97. The summed E-state index contributed by atoms with van der Waals surface area (Å²) in [6.45, 7) is 0. The lowest BCUT2D eigenvalue weighted by molar-refractivity contribution is -0.113. The van der Waals surface area contributed by atoms with E-state index in [1.54, 1.807) is 6.08 Å². The summed E-state index contributed by atoms with van der Waals surface area (Å²) >= 11 is 0. The van der Waals surface area contributed by atoms with Gasteiger partial charge in [0.2, 0.25) is 0 Å². The van der Waals surface area contributed by atoms with Gasteiger partial charge in [-0.1, -0.05) is 47.7 Å². The SMILES string of the molecule is NC(=O)/C(=C\c1ccccc1)n1nnc2ccccc21. The van der Waals surface area contributed by atoms with Crippen LogP contribution in [0.15, 0.2) is 54.6 Å². The molecule has 0 bridgehead atoms. The Labute approximate surface area is 115 Å². The number of carbonyl (C=O) groups excluding carboxylic acids is 1. The van der Waals surface area contributed by atoms with E-state index in [0.717, 1.165) is 11.1 Å². The van der Waals surface area contributed by atoms with E-state index in [9.17, 15) is 4.79 Å². The first-order chi connectivity index (χ1) is 9.75. The van der Waals surface area contributed by atoms with Crippen molar-refractivity contribution in [1.82, 2.24) is 15.0 Å². The average Bonchev–Trinajstić information content (AvgIpc) is 2.89. The number of carbonyl (C=O) groups is 1. The Hall–Kier alpha value is -2.95. The van der Waals surface area contributed by atoms with Gasteiger partial charge in [-0.2, -0.15) is 0 Å². The van der Waals surface area contributed by atoms with Crippen LogP contribution in [-0.4, -0.2) is 20.9 Å². The average molecular weight is 264 g/mol. The fraction of sp³-hybridized carbons (Fsp3) is 0. The van der Waals surface area contributed by atoms with Crippen molar-refractivity contribution in [3.8, 4) is 0 Å². The number of hydrogen-bond acceptors (Lipinski definition) is 3. The molecule has 1 amide bonds. The molecule has 2 aromatic carbocycles.